The van der Waals surface area contributed by atoms with Crippen molar-refractivity contribution in [2.75, 3.05) is 13.1 Å². The summed E-state index contributed by atoms with van der Waals surface area (Å²) in [5.41, 5.74) is 4.40. The third-order valence-electron chi connectivity index (χ3n) is 5.13. The molecule has 7 heteroatoms. The molecule has 0 unspecified atom stereocenters. The number of hydrogen-bond acceptors (Lipinski definition) is 6. The molecule has 0 bridgehead atoms. The van der Waals surface area contributed by atoms with Crippen LogP contribution in [0, 0.1) is 6.92 Å². The first-order valence-corrected chi connectivity index (χ1v) is 10.1. The zero-order valence-electron chi connectivity index (χ0n) is 17.2. The van der Waals surface area contributed by atoms with Gasteiger partial charge in [0.2, 0.25) is 5.88 Å². The number of nitrogens with zero attached hydrogens (tertiary/aromatic N) is 4. The first-order chi connectivity index (χ1) is 14.6. The Hall–Kier alpha value is -3.48. The minimum atomic E-state index is -0.0294. The van der Waals surface area contributed by atoms with Crippen molar-refractivity contribution in [1.29, 1.82) is 0 Å². The van der Waals surface area contributed by atoms with Gasteiger partial charge in [-0.25, -0.2) is 4.98 Å². The summed E-state index contributed by atoms with van der Waals surface area (Å²) in [6.07, 6.45) is 5.56. The standard InChI is InChI=1S/C23H24N4O3/c1-3-17-4-6-18(7-5-17)19-10-12-27(13-11-19)23(28)20-8-9-21(24-14-20)29-15-22-25-16(2)26-30-22/h4-10,14H,3,11-13,15H2,1-2H3. The van der Waals surface area contributed by atoms with Crippen LogP contribution >= 0.6 is 0 Å². The second-order valence-corrected chi connectivity index (χ2v) is 7.19. The lowest BCUT2D eigenvalue weighted by Gasteiger charge is -2.26. The fraction of sp³-hybridized carbons (Fsp3) is 0.304. The van der Waals surface area contributed by atoms with E-state index in [2.05, 4.69) is 52.4 Å². The molecule has 154 valence electrons. The first kappa shape index (κ1) is 19.8. The van der Waals surface area contributed by atoms with Crippen molar-refractivity contribution in [3.8, 4) is 5.88 Å². The highest BCUT2D eigenvalue weighted by atomic mass is 16.5. The SMILES string of the molecule is CCc1ccc(C2=CCN(C(=O)c3ccc(OCc4nc(C)no4)nc3)CC2)cc1. The number of amides is 1. The summed E-state index contributed by atoms with van der Waals surface area (Å²) in [4.78, 5) is 22.9. The molecule has 0 aliphatic carbocycles. The van der Waals surface area contributed by atoms with E-state index in [9.17, 15) is 4.79 Å². The fourth-order valence-corrected chi connectivity index (χ4v) is 3.38. The molecule has 0 fully saturated rings. The van der Waals surface area contributed by atoms with Crippen LogP contribution in [0.3, 0.4) is 0 Å². The Balaban J connectivity index is 1.34. The molecule has 1 aliphatic heterocycles. The fourth-order valence-electron chi connectivity index (χ4n) is 3.38. The summed E-state index contributed by atoms with van der Waals surface area (Å²) in [5, 5.41) is 3.71. The zero-order chi connectivity index (χ0) is 20.9. The van der Waals surface area contributed by atoms with E-state index in [4.69, 9.17) is 9.26 Å². The minimum Gasteiger partial charge on any atom is -0.468 e. The van der Waals surface area contributed by atoms with Crippen LogP contribution in [0.5, 0.6) is 5.88 Å². The minimum absolute atomic E-state index is 0.0294. The first-order valence-electron chi connectivity index (χ1n) is 10.1. The summed E-state index contributed by atoms with van der Waals surface area (Å²) < 4.78 is 10.5. The molecule has 1 amide bonds. The Morgan fingerprint density at radius 2 is 2.03 bits per heavy atom. The van der Waals surface area contributed by atoms with Gasteiger partial charge in [-0.05, 0) is 42.5 Å². The van der Waals surface area contributed by atoms with Gasteiger partial charge in [0, 0.05) is 25.4 Å². The Kier molecular flexibility index (Phi) is 5.88. The maximum atomic E-state index is 12.8. The lowest BCUT2D eigenvalue weighted by molar-refractivity contribution is 0.0772. The Bertz CT molecular complexity index is 1040. The number of rotatable bonds is 6. The van der Waals surface area contributed by atoms with Gasteiger partial charge in [-0.15, -0.1) is 0 Å². The molecule has 3 heterocycles. The Morgan fingerprint density at radius 1 is 1.20 bits per heavy atom. The largest absolute Gasteiger partial charge is 0.468 e. The van der Waals surface area contributed by atoms with Gasteiger partial charge in [0.15, 0.2) is 12.4 Å². The van der Waals surface area contributed by atoms with Crippen LogP contribution < -0.4 is 4.74 Å². The average molecular weight is 404 g/mol. The van der Waals surface area contributed by atoms with Crippen LogP contribution in [-0.4, -0.2) is 39.0 Å². The third-order valence-corrected chi connectivity index (χ3v) is 5.13. The van der Waals surface area contributed by atoms with Gasteiger partial charge in [0.25, 0.3) is 11.8 Å². The monoisotopic (exact) mass is 404 g/mol. The number of pyridine rings is 1. The molecule has 1 aromatic carbocycles. The van der Waals surface area contributed by atoms with Crippen LogP contribution in [0.4, 0.5) is 0 Å². The van der Waals surface area contributed by atoms with Crippen LogP contribution in [0.2, 0.25) is 0 Å². The van der Waals surface area contributed by atoms with E-state index in [-0.39, 0.29) is 12.5 Å². The normalized spacial score (nSPS) is 13.8. The molecule has 0 spiro atoms. The van der Waals surface area contributed by atoms with Gasteiger partial charge in [-0.1, -0.05) is 42.4 Å². The van der Waals surface area contributed by atoms with Crippen LogP contribution in [0.1, 0.15) is 46.5 Å². The van der Waals surface area contributed by atoms with E-state index in [0.29, 0.717) is 36.2 Å². The highest BCUT2D eigenvalue weighted by Gasteiger charge is 2.20. The summed E-state index contributed by atoms with van der Waals surface area (Å²) >= 11 is 0. The number of aryl methyl sites for hydroxylation is 2. The molecule has 1 aliphatic rings. The molecule has 0 radical (unpaired) electrons. The maximum Gasteiger partial charge on any atom is 0.264 e. The lowest BCUT2D eigenvalue weighted by Crippen LogP contribution is -2.34. The number of carbonyl (C=O) groups is 1. The number of carbonyl (C=O) groups excluding carboxylic acids is 1. The summed E-state index contributed by atoms with van der Waals surface area (Å²) in [5.74, 6) is 1.31. The van der Waals surface area contributed by atoms with E-state index in [1.807, 2.05) is 4.90 Å². The Labute approximate surface area is 175 Å². The third kappa shape index (κ3) is 4.56. The van der Waals surface area contributed by atoms with Gasteiger partial charge < -0.3 is 14.2 Å². The van der Waals surface area contributed by atoms with E-state index < -0.39 is 0 Å². The molecule has 0 saturated carbocycles. The number of aromatic nitrogens is 3. The molecule has 30 heavy (non-hydrogen) atoms. The molecule has 0 atom stereocenters. The molecular formula is C23H24N4O3. The van der Waals surface area contributed by atoms with Gasteiger partial charge in [0.1, 0.15) is 0 Å². The molecular weight excluding hydrogens is 380 g/mol. The van der Waals surface area contributed by atoms with Crippen molar-refractivity contribution in [2.45, 2.75) is 33.3 Å². The predicted molar refractivity (Wildman–Crippen MR) is 112 cm³/mol. The lowest BCUT2D eigenvalue weighted by atomic mass is 9.97. The highest BCUT2D eigenvalue weighted by Crippen LogP contribution is 2.24. The average Bonchev–Trinajstić information content (AvgIpc) is 3.23. The maximum absolute atomic E-state index is 12.8. The summed E-state index contributed by atoms with van der Waals surface area (Å²) in [7, 11) is 0. The molecule has 7 nitrogen and oxygen atoms in total. The Morgan fingerprint density at radius 3 is 2.63 bits per heavy atom. The number of ether oxygens (including phenoxy) is 1. The molecule has 3 aromatic rings. The number of hydrogen-bond donors (Lipinski definition) is 0. The van der Waals surface area contributed by atoms with Crippen molar-refractivity contribution in [3.05, 3.63) is 77.1 Å². The quantitative estimate of drug-likeness (QED) is 0.621. The summed E-state index contributed by atoms with van der Waals surface area (Å²) in [6, 6.07) is 12.1. The van der Waals surface area contributed by atoms with Crippen LogP contribution in [0.15, 0.2) is 53.2 Å². The number of benzene rings is 1. The van der Waals surface area contributed by atoms with Crippen molar-refractivity contribution in [1.82, 2.24) is 20.0 Å². The second kappa shape index (κ2) is 8.90. The molecule has 4 rings (SSSR count). The van der Waals surface area contributed by atoms with E-state index >= 15 is 0 Å². The molecule has 2 aromatic heterocycles. The predicted octanol–water partition coefficient (Wildman–Crippen LogP) is 3.84. The van der Waals surface area contributed by atoms with Crippen LogP contribution in [0.25, 0.3) is 5.57 Å². The van der Waals surface area contributed by atoms with E-state index in [0.717, 1.165) is 12.8 Å². The van der Waals surface area contributed by atoms with E-state index in [1.54, 1.807) is 25.3 Å². The van der Waals surface area contributed by atoms with Gasteiger partial charge in [-0.2, -0.15) is 4.98 Å². The van der Waals surface area contributed by atoms with Crippen molar-refractivity contribution in [2.24, 2.45) is 0 Å². The topological polar surface area (TPSA) is 81.4 Å². The highest BCUT2D eigenvalue weighted by molar-refractivity contribution is 5.94. The smallest absolute Gasteiger partial charge is 0.264 e. The van der Waals surface area contributed by atoms with E-state index in [1.165, 1.54) is 16.7 Å². The zero-order valence-corrected chi connectivity index (χ0v) is 17.2. The van der Waals surface area contributed by atoms with Crippen LogP contribution in [-0.2, 0) is 13.0 Å². The van der Waals surface area contributed by atoms with Crippen molar-refractivity contribution >= 4 is 11.5 Å². The van der Waals surface area contributed by atoms with Gasteiger partial charge in [0.05, 0.1) is 5.56 Å². The van der Waals surface area contributed by atoms with Gasteiger partial charge >= 0.3 is 0 Å². The van der Waals surface area contributed by atoms with Crippen molar-refractivity contribution < 1.29 is 14.1 Å². The second-order valence-electron chi connectivity index (χ2n) is 7.19. The molecule has 0 N–H and O–H groups in total. The van der Waals surface area contributed by atoms with Crippen molar-refractivity contribution in [3.63, 3.8) is 0 Å². The summed E-state index contributed by atoms with van der Waals surface area (Å²) in [6.45, 7) is 5.32. The van der Waals surface area contributed by atoms with Gasteiger partial charge in [-0.3, -0.25) is 4.79 Å². The molecule has 0 saturated heterocycles.